The predicted octanol–water partition coefficient (Wildman–Crippen LogP) is 1.97. The Kier molecular flexibility index (Phi) is 6.82. The first kappa shape index (κ1) is 16.3. The van der Waals surface area contributed by atoms with Gasteiger partial charge < -0.3 is 14.8 Å². The number of nitrogens with one attached hydrogen (secondary N) is 1. The van der Waals surface area contributed by atoms with Crippen molar-refractivity contribution in [2.45, 2.75) is 13.0 Å². The number of nitro groups is 1. The Bertz CT molecular complexity index is 443. The second kappa shape index (κ2) is 8.39. The van der Waals surface area contributed by atoms with Crippen molar-refractivity contribution in [3.05, 3.63) is 33.9 Å². The molecule has 0 saturated carbocycles. The van der Waals surface area contributed by atoms with E-state index in [2.05, 4.69) is 5.32 Å². The van der Waals surface area contributed by atoms with Crippen molar-refractivity contribution in [2.75, 3.05) is 26.9 Å². The number of methoxy groups -OCH3 is 1. The van der Waals surface area contributed by atoms with Gasteiger partial charge in [-0.15, -0.1) is 0 Å². The standard InChI is InChI=1S/C12H16F2N2O4/c1-19-11-3-2-9(6-10(11)16(17)18)7-15-4-5-20-8-12(13)14/h2-3,6,12,15H,4-5,7-8H2,1H3. The van der Waals surface area contributed by atoms with Crippen LogP contribution in [0.4, 0.5) is 14.5 Å². The van der Waals surface area contributed by atoms with E-state index in [1.165, 1.54) is 19.2 Å². The van der Waals surface area contributed by atoms with E-state index in [0.717, 1.165) is 0 Å². The third-order valence-electron chi connectivity index (χ3n) is 2.44. The normalized spacial score (nSPS) is 10.8. The molecule has 0 bridgehead atoms. The van der Waals surface area contributed by atoms with Crippen LogP contribution < -0.4 is 10.1 Å². The molecule has 6 nitrogen and oxygen atoms in total. The number of hydrogen-bond donors (Lipinski definition) is 1. The molecule has 0 aliphatic rings. The highest BCUT2D eigenvalue weighted by molar-refractivity contribution is 5.48. The van der Waals surface area contributed by atoms with Gasteiger partial charge >= 0.3 is 5.69 Å². The molecule has 1 N–H and O–H groups in total. The predicted molar refractivity (Wildman–Crippen MR) is 68.2 cm³/mol. The first-order valence-electron chi connectivity index (χ1n) is 5.92. The molecule has 0 unspecified atom stereocenters. The van der Waals surface area contributed by atoms with E-state index in [1.54, 1.807) is 6.07 Å². The number of nitro benzene ring substituents is 1. The summed E-state index contributed by atoms with van der Waals surface area (Å²) in [6.45, 7) is 0.327. The van der Waals surface area contributed by atoms with E-state index in [0.29, 0.717) is 18.7 Å². The van der Waals surface area contributed by atoms with Crippen molar-refractivity contribution in [1.82, 2.24) is 5.32 Å². The van der Waals surface area contributed by atoms with Crippen molar-refractivity contribution in [3.63, 3.8) is 0 Å². The molecule has 112 valence electrons. The first-order chi connectivity index (χ1) is 9.54. The second-order valence-corrected chi connectivity index (χ2v) is 3.91. The highest BCUT2D eigenvalue weighted by atomic mass is 19.3. The molecule has 1 rings (SSSR count). The van der Waals surface area contributed by atoms with Crippen molar-refractivity contribution in [1.29, 1.82) is 0 Å². The molecule has 0 saturated heterocycles. The fraction of sp³-hybridized carbons (Fsp3) is 0.500. The quantitative estimate of drug-likeness (QED) is 0.427. The Morgan fingerprint density at radius 3 is 2.80 bits per heavy atom. The molecule has 8 heteroatoms. The van der Waals surface area contributed by atoms with Crippen LogP contribution in [0.3, 0.4) is 0 Å². The third kappa shape index (κ3) is 5.45. The minimum absolute atomic E-state index is 0.110. The second-order valence-electron chi connectivity index (χ2n) is 3.91. The van der Waals surface area contributed by atoms with E-state index in [4.69, 9.17) is 9.47 Å². The summed E-state index contributed by atoms with van der Waals surface area (Å²) in [5.74, 6) is 0.194. The number of benzene rings is 1. The first-order valence-corrected chi connectivity index (χ1v) is 5.92. The van der Waals surface area contributed by atoms with E-state index < -0.39 is 18.0 Å². The number of nitrogens with zero attached hydrogens (tertiary/aromatic N) is 1. The Morgan fingerprint density at radius 2 is 2.20 bits per heavy atom. The number of halogens is 2. The smallest absolute Gasteiger partial charge is 0.311 e. The van der Waals surface area contributed by atoms with Gasteiger partial charge in [0.25, 0.3) is 6.43 Å². The van der Waals surface area contributed by atoms with E-state index >= 15 is 0 Å². The molecule has 0 aromatic heterocycles. The van der Waals surface area contributed by atoms with E-state index in [1.807, 2.05) is 0 Å². The average molecular weight is 290 g/mol. The number of alkyl halides is 2. The fourth-order valence-electron chi connectivity index (χ4n) is 1.54. The molecular weight excluding hydrogens is 274 g/mol. The fourth-order valence-corrected chi connectivity index (χ4v) is 1.54. The Morgan fingerprint density at radius 1 is 1.45 bits per heavy atom. The summed E-state index contributed by atoms with van der Waals surface area (Å²) in [4.78, 5) is 10.3. The largest absolute Gasteiger partial charge is 0.490 e. The third-order valence-corrected chi connectivity index (χ3v) is 2.44. The van der Waals surface area contributed by atoms with Gasteiger partial charge in [0.15, 0.2) is 5.75 Å². The minimum atomic E-state index is -2.47. The summed E-state index contributed by atoms with van der Waals surface area (Å²) in [5, 5.41) is 13.8. The molecule has 0 fully saturated rings. The van der Waals surface area contributed by atoms with Crippen LogP contribution in [0.2, 0.25) is 0 Å². The monoisotopic (exact) mass is 290 g/mol. The molecule has 0 spiro atoms. The van der Waals surface area contributed by atoms with Gasteiger partial charge in [0.2, 0.25) is 0 Å². The van der Waals surface area contributed by atoms with E-state index in [9.17, 15) is 18.9 Å². The van der Waals surface area contributed by atoms with Crippen LogP contribution in [0.5, 0.6) is 5.75 Å². The SMILES string of the molecule is COc1ccc(CNCCOCC(F)F)cc1[N+](=O)[O-]. The highest BCUT2D eigenvalue weighted by Crippen LogP contribution is 2.27. The topological polar surface area (TPSA) is 73.6 Å². The summed E-state index contributed by atoms with van der Waals surface area (Å²) >= 11 is 0. The molecule has 1 aromatic carbocycles. The summed E-state index contributed by atoms with van der Waals surface area (Å²) in [6.07, 6.45) is -2.47. The van der Waals surface area contributed by atoms with Gasteiger partial charge in [-0.25, -0.2) is 8.78 Å². The van der Waals surface area contributed by atoms with Crippen LogP contribution in [0.25, 0.3) is 0 Å². The van der Waals surface area contributed by atoms with Crippen LogP contribution in [0, 0.1) is 10.1 Å². The van der Waals surface area contributed by atoms with Gasteiger partial charge in [-0.3, -0.25) is 10.1 Å². The Balaban J connectivity index is 2.41. The molecular formula is C12H16F2N2O4. The average Bonchev–Trinajstić information content (AvgIpc) is 2.42. The molecule has 0 aliphatic heterocycles. The summed E-state index contributed by atoms with van der Waals surface area (Å²) in [6, 6.07) is 4.62. The lowest BCUT2D eigenvalue weighted by molar-refractivity contribution is -0.385. The van der Waals surface area contributed by atoms with E-state index in [-0.39, 0.29) is 18.0 Å². The lowest BCUT2D eigenvalue weighted by atomic mass is 10.2. The van der Waals surface area contributed by atoms with Crippen molar-refractivity contribution < 1.29 is 23.2 Å². The molecule has 20 heavy (non-hydrogen) atoms. The van der Waals surface area contributed by atoms with Crippen LogP contribution in [-0.4, -0.2) is 38.2 Å². The number of ether oxygens (including phenoxy) is 2. The maximum absolute atomic E-state index is 11.8. The van der Waals surface area contributed by atoms with Gasteiger partial charge in [0, 0.05) is 19.2 Å². The van der Waals surface area contributed by atoms with Gasteiger partial charge in [0.1, 0.15) is 6.61 Å². The van der Waals surface area contributed by atoms with Gasteiger partial charge in [-0.2, -0.15) is 0 Å². The molecule has 0 heterocycles. The van der Waals surface area contributed by atoms with Crippen molar-refractivity contribution in [2.24, 2.45) is 0 Å². The summed E-state index contributed by atoms with van der Waals surface area (Å²) in [5.41, 5.74) is 0.590. The van der Waals surface area contributed by atoms with Crippen LogP contribution in [0.15, 0.2) is 18.2 Å². The maximum Gasteiger partial charge on any atom is 0.311 e. The molecule has 0 amide bonds. The Hall–Kier alpha value is -1.80. The number of hydrogen-bond acceptors (Lipinski definition) is 5. The van der Waals surface area contributed by atoms with Gasteiger partial charge in [-0.05, 0) is 11.6 Å². The molecule has 0 radical (unpaired) electrons. The number of rotatable bonds is 9. The summed E-state index contributed by atoms with van der Waals surface area (Å²) < 4.78 is 33.1. The van der Waals surface area contributed by atoms with Crippen LogP contribution in [-0.2, 0) is 11.3 Å². The zero-order valence-corrected chi connectivity index (χ0v) is 11.0. The van der Waals surface area contributed by atoms with Gasteiger partial charge in [0.05, 0.1) is 18.6 Å². The highest BCUT2D eigenvalue weighted by Gasteiger charge is 2.14. The van der Waals surface area contributed by atoms with Gasteiger partial charge in [-0.1, -0.05) is 6.07 Å². The molecule has 0 atom stereocenters. The summed E-state index contributed by atoms with van der Waals surface area (Å²) in [7, 11) is 1.36. The lowest BCUT2D eigenvalue weighted by Crippen LogP contribution is -2.20. The molecule has 0 aliphatic carbocycles. The van der Waals surface area contributed by atoms with Crippen molar-refractivity contribution in [3.8, 4) is 5.75 Å². The maximum atomic E-state index is 11.8. The van der Waals surface area contributed by atoms with Crippen LogP contribution in [0.1, 0.15) is 5.56 Å². The Labute approximate surface area is 114 Å². The van der Waals surface area contributed by atoms with Crippen LogP contribution >= 0.6 is 0 Å². The van der Waals surface area contributed by atoms with Crippen molar-refractivity contribution >= 4 is 5.69 Å². The zero-order chi connectivity index (χ0) is 15.0. The lowest BCUT2D eigenvalue weighted by Gasteiger charge is -2.07. The minimum Gasteiger partial charge on any atom is -0.490 e. The molecule has 1 aromatic rings. The zero-order valence-electron chi connectivity index (χ0n) is 11.0.